The number of aromatic hydroxyl groups is 1. The van der Waals surface area contributed by atoms with Gasteiger partial charge in [-0.3, -0.25) is 9.55 Å². The van der Waals surface area contributed by atoms with E-state index in [1.165, 1.54) is 27.8 Å². The minimum absolute atomic E-state index is 0.120. The Morgan fingerprint density at radius 2 is 1.33 bits per heavy atom. The predicted molar refractivity (Wildman–Crippen MR) is 267 cm³/mol. The minimum atomic E-state index is -0.662. The molecular formula is C59H63N3O. The van der Waals surface area contributed by atoms with Gasteiger partial charge in [-0.1, -0.05) is 161 Å². The van der Waals surface area contributed by atoms with Crippen LogP contribution in [0.3, 0.4) is 0 Å². The molecule has 0 amide bonds. The van der Waals surface area contributed by atoms with Gasteiger partial charge < -0.3 is 5.11 Å². The first-order chi connectivity index (χ1) is 30.4. The first kappa shape index (κ1) is 42.1. The molecule has 0 saturated carbocycles. The van der Waals surface area contributed by atoms with Gasteiger partial charge in [0.05, 0.1) is 22.3 Å². The highest BCUT2D eigenvalue weighted by Gasteiger charge is 2.25. The fourth-order valence-corrected chi connectivity index (χ4v) is 8.75. The topological polar surface area (TPSA) is 50.9 Å². The number of para-hydroxylation sites is 1. The largest absolute Gasteiger partial charge is 0.507 e. The molecular weight excluding hydrogens is 767 g/mol. The van der Waals surface area contributed by atoms with Crippen LogP contribution in [0.5, 0.6) is 5.75 Å². The standard InChI is InChI=1S/C59H63N3O/c1-36(2)28-45-32-49(24-25-50(45)42-16-13-12-14-17-42)62-55-19-15-18-51(56(55)61-58(62)53-34-44(38(5)6)33-52(39(7)8)57(53)63)46-29-47(31-48(30-46)59(9,10)11)54-35-43(26-27-60-54)41-22-20-40(21-23-41)37(3)4/h12-27,29-39,63H,28H2,1-11H3/i37D. The van der Waals surface area contributed by atoms with E-state index in [4.69, 9.17) is 11.3 Å². The maximum atomic E-state index is 12.2. The van der Waals surface area contributed by atoms with E-state index in [9.17, 15) is 5.11 Å². The van der Waals surface area contributed by atoms with Crippen LogP contribution in [0.2, 0.25) is 0 Å². The molecule has 63 heavy (non-hydrogen) atoms. The number of rotatable bonds is 11. The predicted octanol–water partition coefficient (Wildman–Crippen LogP) is 16.3. The van der Waals surface area contributed by atoms with Crippen molar-refractivity contribution in [3.63, 3.8) is 0 Å². The van der Waals surface area contributed by atoms with Gasteiger partial charge in [0, 0.05) is 24.4 Å². The van der Waals surface area contributed by atoms with Gasteiger partial charge in [0.1, 0.15) is 11.6 Å². The van der Waals surface area contributed by atoms with Crippen molar-refractivity contribution in [1.29, 1.82) is 0 Å². The lowest BCUT2D eigenvalue weighted by atomic mass is 9.83. The summed E-state index contributed by atoms with van der Waals surface area (Å²) < 4.78 is 10.8. The van der Waals surface area contributed by atoms with E-state index in [0.717, 1.165) is 73.3 Å². The summed E-state index contributed by atoms with van der Waals surface area (Å²) in [7, 11) is 0. The van der Waals surface area contributed by atoms with Gasteiger partial charge in [-0.15, -0.1) is 0 Å². The van der Waals surface area contributed by atoms with Crippen molar-refractivity contribution in [3.8, 4) is 67.5 Å². The van der Waals surface area contributed by atoms with Gasteiger partial charge >= 0.3 is 0 Å². The van der Waals surface area contributed by atoms with Gasteiger partial charge in [0.2, 0.25) is 0 Å². The van der Waals surface area contributed by atoms with Crippen molar-refractivity contribution < 1.29 is 6.48 Å². The van der Waals surface area contributed by atoms with E-state index >= 15 is 0 Å². The zero-order valence-corrected chi connectivity index (χ0v) is 39.0. The van der Waals surface area contributed by atoms with E-state index in [1.807, 2.05) is 20.0 Å². The number of fused-ring (bicyclic) bond motifs is 1. The van der Waals surface area contributed by atoms with Crippen LogP contribution in [-0.4, -0.2) is 19.6 Å². The van der Waals surface area contributed by atoms with Crippen molar-refractivity contribution in [2.24, 2.45) is 5.92 Å². The summed E-state index contributed by atoms with van der Waals surface area (Å²) in [5.74, 6) is 1.16. The Bertz CT molecular complexity index is 2960. The van der Waals surface area contributed by atoms with Crippen molar-refractivity contribution in [1.82, 2.24) is 14.5 Å². The second-order valence-electron chi connectivity index (χ2n) is 19.6. The molecule has 4 nitrogen and oxygen atoms in total. The summed E-state index contributed by atoms with van der Waals surface area (Å²) in [5, 5.41) is 12.2. The average molecular weight is 831 g/mol. The lowest BCUT2D eigenvalue weighted by molar-refractivity contribution is 0.466. The summed E-state index contributed by atoms with van der Waals surface area (Å²) in [6, 6.07) is 47.7. The molecule has 0 atom stereocenters. The van der Waals surface area contributed by atoms with Gasteiger partial charge in [0.15, 0.2) is 0 Å². The normalized spacial score (nSPS) is 12.5. The van der Waals surface area contributed by atoms with Crippen LogP contribution in [-0.2, 0) is 11.8 Å². The highest BCUT2D eigenvalue weighted by Crippen LogP contribution is 2.44. The summed E-state index contributed by atoms with van der Waals surface area (Å²) in [6.07, 6.45) is 2.81. The van der Waals surface area contributed by atoms with E-state index in [2.05, 4.69) is 200 Å². The Balaban J connectivity index is 1.37. The maximum absolute atomic E-state index is 12.2. The second-order valence-corrected chi connectivity index (χ2v) is 19.6. The third-order valence-electron chi connectivity index (χ3n) is 12.4. The average Bonchev–Trinajstić information content (AvgIpc) is 3.65. The van der Waals surface area contributed by atoms with E-state index in [1.54, 1.807) is 0 Å². The minimum Gasteiger partial charge on any atom is -0.507 e. The van der Waals surface area contributed by atoms with Crippen LogP contribution in [0.15, 0.2) is 140 Å². The smallest absolute Gasteiger partial charge is 0.149 e. The Kier molecular flexibility index (Phi) is 11.7. The SMILES string of the molecule is [2H]C(C)(C)c1ccc(-c2ccnc(-c3cc(-c4cccc5c4nc(-c4cc(C(C)C)cc(C(C)C)c4O)n5-c4ccc(-c5ccccc5)c(CC(C)C)c4)cc(C(C)(C)C)c3)c2)cc1. The first-order valence-corrected chi connectivity index (χ1v) is 22.7. The summed E-state index contributed by atoms with van der Waals surface area (Å²) in [6.45, 7) is 23.9. The third-order valence-corrected chi connectivity index (χ3v) is 12.4. The summed E-state index contributed by atoms with van der Waals surface area (Å²) in [4.78, 5) is 10.6. The number of aromatic nitrogens is 3. The van der Waals surface area contributed by atoms with Crippen molar-refractivity contribution in [2.75, 3.05) is 0 Å². The molecule has 2 heterocycles. The molecule has 0 radical (unpaired) electrons. The van der Waals surface area contributed by atoms with Gasteiger partial charge in [-0.25, -0.2) is 4.98 Å². The fourth-order valence-electron chi connectivity index (χ4n) is 8.75. The Hall–Kier alpha value is -6.26. The number of phenols is 1. The quantitative estimate of drug-likeness (QED) is 0.141. The molecule has 0 aliphatic heterocycles. The van der Waals surface area contributed by atoms with E-state index < -0.39 is 5.89 Å². The van der Waals surface area contributed by atoms with Crippen LogP contribution < -0.4 is 0 Å². The molecule has 0 fully saturated rings. The molecule has 0 aliphatic carbocycles. The molecule has 1 N–H and O–H groups in total. The van der Waals surface area contributed by atoms with Gasteiger partial charge in [0.25, 0.3) is 0 Å². The number of nitrogens with zero attached hydrogens (tertiary/aromatic N) is 3. The Morgan fingerprint density at radius 1 is 0.603 bits per heavy atom. The lowest BCUT2D eigenvalue weighted by Gasteiger charge is -2.22. The molecule has 2 aromatic heterocycles. The zero-order valence-electron chi connectivity index (χ0n) is 40.0. The summed E-state index contributed by atoms with van der Waals surface area (Å²) >= 11 is 0. The molecule has 0 spiro atoms. The fraction of sp³-hybridized carbons (Fsp3) is 0.288. The number of benzene rings is 6. The van der Waals surface area contributed by atoms with Crippen LogP contribution >= 0.6 is 0 Å². The zero-order chi connectivity index (χ0) is 45.7. The van der Waals surface area contributed by atoms with Crippen LogP contribution in [0.4, 0.5) is 0 Å². The van der Waals surface area contributed by atoms with Gasteiger partial charge in [-0.2, -0.15) is 0 Å². The van der Waals surface area contributed by atoms with Gasteiger partial charge in [-0.05, 0) is 140 Å². The number of imidazole rings is 1. The van der Waals surface area contributed by atoms with Crippen LogP contribution in [0.25, 0.3) is 72.7 Å². The van der Waals surface area contributed by atoms with Crippen molar-refractivity contribution >= 4 is 11.0 Å². The molecule has 6 aromatic carbocycles. The summed E-state index contributed by atoms with van der Waals surface area (Å²) in [5.41, 5.74) is 17.6. The van der Waals surface area contributed by atoms with Crippen LogP contribution in [0, 0.1) is 5.92 Å². The van der Waals surface area contributed by atoms with E-state index in [-0.39, 0.29) is 23.0 Å². The monoisotopic (exact) mass is 831 g/mol. The molecule has 8 rings (SSSR count). The molecule has 0 aliphatic rings. The Morgan fingerprint density at radius 3 is 2.00 bits per heavy atom. The highest BCUT2D eigenvalue weighted by molar-refractivity contribution is 5.97. The first-order valence-electron chi connectivity index (χ1n) is 23.2. The third kappa shape index (κ3) is 8.87. The Labute approximate surface area is 377 Å². The molecule has 320 valence electrons. The number of pyridine rings is 1. The lowest BCUT2D eigenvalue weighted by Crippen LogP contribution is -2.11. The molecule has 0 saturated heterocycles. The molecule has 4 heteroatoms. The highest BCUT2D eigenvalue weighted by atomic mass is 16.3. The molecule has 0 bridgehead atoms. The van der Waals surface area contributed by atoms with Crippen molar-refractivity contribution in [2.45, 2.75) is 106 Å². The number of hydrogen-bond acceptors (Lipinski definition) is 3. The number of hydrogen-bond donors (Lipinski definition) is 1. The molecule has 8 aromatic rings. The maximum Gasteiger partial charge on any atom is 0.149 e. The van der Waals surface area contributed by atoms with Crippen molar-refractivity contribution in [3.05, 3.63) is 167 Å². The molecule has 0 unspecified atom stereocenters. The van der Waals surface area contributed by atoms with E-state index in [0.29, 0.717) is 11.7 Å². The number of phenolic OH excluding ortho intramolecular Hbond substituents is 1. The van der Waals surface area contributed by atoms with Crippen LogP contribution in [0.1, 0.15) is 123 Å². The second kappa shape index (κ2) is 17.5.